The minimum absolute atomic E-state index is 0.221. The van der Waals surface area contributed by atoms with E-state index in [0.29, 0.717) is 6.42 Å². The second-order valence-corrected chi connectivity index (χ2v) is 3.53. The third-order valence-electron chi connectivity index (χ3n) is 2.27. The Hall–Kier alpha value is -0.890. The fraction of sp³-hybridized carbons (Fsp3) is 0.400. The molecule has 0 saturated heterocycles. The Morgan fingerprint density at radius 3 is 2.33 bits per heavy atom. The lowest BCUT2D eigenvalue weighted by molar-refractivity contribution is 0.151. The normalized spacial score (nSPS) is 19.2. The van der Waals surface area contributed by atoms with E-state index in [1.807, 2.05) is 0 Å². The molecule has 1 N–H and O–H groups in total. The molecule has 0 heterocycles. The molecule has 1 fully saturated rings. The van der Waals surface area contributed by atoms with Gasteiger partial charge in [0, 0.05) is 6.42 Å². The number of rotatable bonds is 2. The minimum atomic E-state index is -0.474. The highest BCUT2D eigenvalue weighted by Crippen LogP contribution is 2.38. The number of halogens is 1. The van der Waals surface area contributed by atoms with Crippen molar-refractivity contribution in [1.29, 1.82) is 0 Å². The van der Waals surface area contributed by atoms with Crippen LogP contribution in [0.25, 0.3) is 0 Å². The lowest BCUT2D eigenvalue weighted by Crippen LogP contribution is -2.10. The number of hydrogen-bond donors (Lipinski definition) is 1. The first-order chi connectivity index (χ1) is 5.68. The van der Waals surface area contributed by atoms with Gasteiger partial charge in [-0.05, 0) is 30.5 Å². The Balaban J connectivity index is 2.08. The minimum Gasteiger partial charge on any atom is -0.390 e. The third-order valence-corrected chi connectivity index (χ3v) is 2.27. The van der Waals surface area contributed by atoms with Gasteiger partial charge >= 0.3 is 0 Å². The number of hydrogen-bond acceptors (Lipinski definition) is 1. The summed E-state index contributed by atoms with van der Waals surface area (Å²) in [4.78, 5) is 0. The first-order valence-electron chi connectivity index (χ1n) is 4.15. The first-order valence-corrected chi connectivity index (χ1v) is 4.15. The highest BCUT2D eigenvalue weighted by molar-refractivity contribution is 5.20. The standard InChI is InChI=1S/C10H11FO/c11-9-3-1-8(2-4-9)7-10(12)5-6-10/h1-4,12H,5-7H2. The molecular formula is C10H11FO. The second kappa shape index (κ2) is 2.56. The summed E-state index contributed by atoms with van der Waals surface area (Å²) in [7, 11) is 0. The van der Waals surface area contributed by atoms with E-state index >= 15 is 0 Å². The zero-order valence-electron chi connectivity index (χ0n) is 6.76. The van der Waals surface area contributed by atoms with E-state index in [9.17, 15) is 9.50 Å². The van der Waals surface area contributed by atoms with Crippen molar-refractivity contribution in [2.45, 2.75) is 24.9 Å². The smallest absolute Gasteiger partial charge is 0.123 e. The van der Waals surface area contributed by atoms with Crippen molar-refractivity contribution in [1.82, 2.24) is 0 Å². The summed E-state index contributed by atoms with van der Waals surface area (Å²) in [6.07, 6.45) is 2.42. The SMILES string of the molecule is OC1(Cc2ccc(F)cc2)CC1. The summed E-state index contributed by atoms with van der Waals surface area (Å²) in [5.41, 5.74) is 0.536. The lowest BCUT2D eigenvalue weighted by Gasteiger charge is -2.06. The van der Waals surface area contributed by atoms with Gasteiger partial charge in [-0.3, -0.25) is 0 Å². The second-order valence-electron chi connectivity index (χ2n) is 3.53. The zero-order valence-corrected chi connectivity index (χ0v) is 6.76. The Bertz CT molecular complexity index is 274. The van der Waals surface area contributed by atoms with Crippen molar-refractivity contribution in [3.8, 4) is 0 Å². The van der Waals surface area contributed by atoms with Crippen molar-refractivity contribution in [3.05, 3.63) is 35.6 Å². The Labute approximate surface area is 70.8 Å². The lowest BCUT2D eigenvalue weighted by atomic mass is 10.1. The van der Waals surface area contributed by atoms with Gasteiger partial charge in [-0.1, -0.05) is 12.1 Å². The average Bonchev–Trinajstić information content (AvgIpc) is 2.74. The fourth-order valence-electron chi connectivity index (χ4n) is 1.30. The molecule has 2 rings (SSSR count). The molecule has 0 aromatic heterocycles. The molecule has 1 nitrogen and oxygen atoms in total. The molecule has 0 unspecified atom stereocenters. The maximum Gasteiger partial charge on any atom is 0.123 e. The van der Waals surface area contributed by atoms with E-state index in [1.165, 1.54) is 12.1 Å². The molecule has 12 heavy (non-hydrogen) atoms. The maximum atomic E-state index is 12.5. The van der Waals surface area contributed by atoms with Crippen LogP contribution in [0.3, 0.4) is 0 Å². The third kappa shape index (κ3) is 1.64. The Morgan fingerprint density at radius 1 is 1.25 bits per heavy atom. The van der Waals surface area contributed by atoms with Crippen molar-refractivity contribution in [2.75, 3.05) is 0 Å². The molecule has 0 amide bonds. The quantitative estimate of drug-likeness (QED) is 0.711. The molecule has 0 radical (unpaired) electrons. The highest BCUT2D eigenvalue weighted by Gasteiger charge is 2.39. The molecule has 0 aliphatic heterocycles. The predicted molar refractivity (Wildman–Crippen MR) is 44.3 cm³/mol. The Morgan fingerprint density at radius 2 is 1.83 bits per heavy atom. The van der Waals surface area contributed by atoms with Gasteiger partial charge in [0.05, 0.1) is 5.60 Å². The van der Waals surface area contributed by atoms with Crippen molar-refractivity contribution in [3.63, 3.8) is 0 Å². The monoisotopic (exact) mass is 166 g/mol. The van der Waals surface area contributed by atoms with Crippen molar-refractivity contribution < 1.29 is 9.50 Å². The Kier molecular flexibility index (Phi) is 1.65. The van der Waals surface area contributed by atoms with E-state index < -0.39 is 5.60 Å². The molecular weight excluding hydrogens is 155 g/mol. The summed E-state index contributed by atoms with van der Waals surface area (Å²) < 4.78 is 12.5. The van der Waals surface area contributed by atoms with Gasteiger partial charge in [-0.15, -0.1) is 0 Å². The topological polar surface area (TPSA) is 20.2 Å². The summed E-state index contributed by atoms with van der Waals surface area (Å²) in [6.45, 7) is 0. The van der Waals surface area contributed by atoms with Gasteiger partial charge < -0.3 is 5.11 Å². The van der Waals surface area contributed by atoms with E-state index in [4.69, 9.17) is 0 Å². The molecule has 0 atom stereocenters. The van der Waals surface area contributed by atoms with Gasteiger partial charge in [0.15, 0.2) is 0 Å². The van der Waals surface area contributed by atoms with Crippen LogP contribution >= 0.6 is 0 Å². The van der Waals surface area contributed by atoms with Crippen molar-refractivity contribution in [2.24, 2.45) is 0 Å². The van der Waals surface area contributed by atoms with Crippen LogP contribution in [0.4, 0.5) is 4.39 Å². The first kappa shape index (κ1) is 7.74. The van der Waals surface area contributed by atoms with Gasteiger partial charge in [0.2, 0.25) is 0 Å². The van der Waals surface area contributed by atoms with E-state index in [1.54, 1.807) is 12.1 Å². The molecule has 1 aromatic carbocycles. The molecule has 1 aromatic rings. The zero-order chi connectivity index (χ0) is 8.60. The van der Waals surface area contributed by atoms with Gasteiger partial charge in [-0.2, -0.15) is 0 Å². The van der Waals surface area contributed by atoms with E-state index in [2.05, 4.69) is 0 Å². The number of benzene rings is 1. The molecule has 0 bridgehead atoms. The molecule has 2 heteroatoms. The summed E-state index contributed by atoms with van der Waals surface area (Å²) in [5, 5.41) is 9.56. The molecule has 64 valence electrons. The van der Waals surface area contributed by atoms with Crippen LogP contribution in [-0.2, 0) is 6.42 Å². The van der Waals surface area contributed by atoms with E-state index in [0.717, 1.165) is 18.4 Å². The van der Waals surface area contributed by atoms with Crippen LogP contribution in [-0.4, -0.2) is 10.7 Å². The van der Waals surface area contributed by atoms with Crippen LogP contribution in [0.15, 0.2) is 24.3 Å². The summed E-state index contributed by atoms with van der Waals surface area (Å²) >= 11 is 0. The van der Waals surface area contributed by atoms with E-state index in [-0.39, 0.29) is 5.82 Å². The van der Waals surface area contributed by atoms with Crippen LogP contribution in [0.2, 0.25) is 0 Å². The molecule has 1 saturated carbocycles. The molecule has 0 spiro atoms. The fourth-order valence-corrected chi connectivity index (χ4v) is 1.30. The summed E-state index contributed by atoms with van der Waals surface area (Å²) in [5.74, 6) is -0.221. The van der Waals surface area contributed by atoms with Crippen LogP contribution in [0.1, 0.15) is 18.4 Å². The molecule has 1 aliphatic carbocycles. The maximum absolute atomic E-state index is 12.5. The van der Waals surface area contributed by atoms with Crippen LogP contribution < -0.4 is 0 Å². The average molecular weight is 166 g/mol. The van der Waals surface area contributed by atoms with Crippen LogP contribution in [0, 0.1) is 5.82 Å². The van der Waals surface area contributed by atoms with Gasteiger partial charge in [-0.25, -0.2) is 4.39 Å². The van der Waals surface area contributed by atoms with Gasteiger partial charge in [0.25, 0.3) is 0 Å². The number of aliphatic hydroxyl groups is 1. The largest absolute Gasteiger partial charge is 0.390 e. The van der Waals surface area contributed by atoms with Crippen molar-refractivity contribution >= 4 is 0 Å². The molecule has 1 aliphatic rings. The predicted octanol–water partition coefficient (Wildman–Crippen LogP) is 1.89. The summed E-state index contributed by atoms with van der Waals surface area (Å²) in [6, 6.07) is 6.32. The van der Waals surface area contributed by atoms with Crippen LogP contribution in [0.5, 0.6) is 0 Å². The van der Waals surface area contributed by atoms with Gasteiger partial charge in [0.1, 0.15) is 5.82 Å². The highest BCUT2D eigenvalue weighted by atomic mass is 19.1.